The van der Waals surface area contributed by atoms with E-state index in [4.69, 9.17) is 9.94 Å². The van der Waals surface area contributed by atoms with Gasteiger partial charge in [0.15, 0.2) is 0 Å². The van der Waals surface area contributed by atoms with E-state index in [0.717, 1.165) is 15.7 Å². The quantitative estimate of drug-likeness (QED) is 0.496. The van der Waals surface area contributed by atoms with Crippen molar-refractivity contribution >= 4 is 33.2 Å². The lowest BCUT2D eigenvalue weighted by atomic mass is 10.1. The van der Waals surface area contributed by atoms with Gasteiger partial charge in [0.1, 0.15) is 12.7 Å². The van der Waals surface area contributed by atoms with E-state index in [1.807, 2.05) is 25.1 Å². The number of nitrogens with zero attached hydrogens (tertiary/aromatic N) is 1. The standard InChI is InChI=1S/C17H20BrN3O5/c1-10-5-11(18)3-4-14(10)19-15-6-16(24)21(2)7-13(15)17(25)20-26-9-12(23)8-22/h3-7,12,19,22-23H,8-9H2,1-2H3,(H,20,25). The van der Waals surface area contributed by atoms with Gasteiger partial charge in [-0.25, -0.2) is 5.48 Å². The first-order valence-corrected chi connectivity index (χ1v) is 8.56. The van der Waals surface area contributed by atoms with E-state index < -0.39 is 18.6 Å². The van der Waals surface area contributed by atoms with Crippen molar-refractivity contribution in [2.45, 2.75) is 13.0 Å². The number of amides is 1. The van der Waals surface area contributed by atoms with Crippen LogP contribution in [-0.2, 0) is 11.9 Å². The van der Waals surface area contributed by atoms with Gasteiger partial charge in [-0.05, 0) is 30.7 Å². The Morgan fingerprint density at radius 1 is 1.35 bits per heavy atom. The van der Waals surface area contributed by atoms with Crippen molar-refractivity contribution < 1.29 is 19.8 Å². The number of aromatic nitrogens is 1. The lowest BCUT2D eigenvalue weighted by molar-refractivity contribution is -0.0295. The van der Waals surface area contributed by atoms with E-state index in [1.165, 1.54) is 23.9 Å². The van der Waals surface area contributed by atoms with Crippen molar-refractivity contribution in [1.82, 2.24) is 10.0 Å². The maximum absolute atomic E-state index is 12.4. The van der Waals surface area contributed by atoms with Crippen molar-refractivity contribution in [2.24, 2.45) is 7.05 Å². The first-order valence-electron chi connectivity index (χ1n) is 7.76. The number of rotatable bonds is 7. The number of aliphatic hydroxyl groups excluding tert-OH is 2. The molecule has 0 radical (unpaired) electrons. The molecule has 2 aromatic rings. The van der Waals surface area contributed by atoms with Crippen LogP contribution in [-0.4, -0.2) is 40.0 Å². The van der Waals surface area contributed by atoms with E-state index in [-0.39, 0.29) is 17.7 Å². The van der Waals surface area contributed by atoms with Crippen LogP contribution in [0, 0.1) is 6.92 Å². The second-order valence-corrected chi connectivity index (χ2v) is 6.63. The Hall–Kier alpha value is -2.20. The first-order chi connectivity index (χ1) is 12.3. The van der Waals surface area contributed by atoms with Gasteiger partial charge in [0.25, 0.3) is 11.5 Å². The van der Waals surface area contributed by atoms with Crippen molar-refractivity contribution in [3.8, 4) is 0 Å². The van der Waals surface area contributed by atoms with Crippen LogP contribution in [0.2, 0.25) is 0 Å². The average Bonchev–Trinajstić information content (AvgIpc) is 2.59. The van der Waals surface area contributed by atoms with Crippen LogP contribution in [0.4, 0.5) is 11.4 Å². The minimum atomic E-state index is -1.10. The number of hydroxylamine groups is 1. The molecule has 1 aromatic carbocycles. The van der Waals surface area contributed by atoms with Crippen LogP contribution in [0.3, 0.4) is 0 Å². The maximum Gasteiger partial charge on any atom is 0.278 e. The number of aryl methyl sites for hydroxylation is 2. The topological polar surface area (TPSA) is 113 Å². The number of anilines is 2. The fraction of sp³-hybridized carbons (Fsp3) is 0.294. The summed E-state index contributed by atoms with van der Waals surface area (Å²) in [6, 6.07) is 6.89. The SMILES string of the molecule is Cc1cc(Br)ccc1Nc1cc(=O)n(C)cc1C(=O)NOCC(O)CO. The fourth-order valence-electron chi connectivity index (χ4n) is 2.14. The van der Waals surface area contributed by atoms with Crippen LogP contribution in [0.1, 0.15) is 15.9 Å². The first kappa shape index (κ1) is 20.1. The number of halogens is 1. The maximum atomic E-state index is 12.4. The average molecular weight is 426 g/mol. The summed E-state index contributed by atoms with van der Waals surface area (Å²) in [6.07, 6.45) is 0.290. The highest BCUT2D eigenvalue weighted by Crippen LogP contribution is 2.25. The van der Waals surface area contributed by atoms with Gasteiger partial charge in [-0.1, -0.05) is 15.9 Å². The molecule has 0 spiro atoms. The number of hydrogen-bond donors (Lipinski definition) is 4. The minimum Gasteiger partial charge on any atom is -0.394 e. The van der Waals surface area contributed by atoms with Crippen molar-refractivity contribution in [3.63, 3.8) is 0 Å². The van der Waals surface area contributed by atoms with Crippen LogP contribution < -0.4 is 16.4 Å². The summed E-state index contributed by atoms with van der Waals surface area (Å²) in [5, 5.41) is 21.1. The molecule has 0 aliphatic heterocycles. The van der Waals surface area contributed by atoms with Gasteiger partial charge < -0.3 is 20.1 Å². The predicted octanol–water partition coefficient (Wildman–Crippen LogP) is 1.21. The van der Waals surface area contributed by atoms with Crippen LogP contribution in [0.15, 0.2) is 39.7 Å². The number of pyridine rings is 1. The molecule has 140 valence electrons. The van der Waals surface area contributed by atoms with Gasteiger partial charge in [-0.3, -0.25) is 14.4 Å². The van der Waals surface area contributed by atoms with E-state index in [2.05, 4.69) is 26.7 Å². The smallest absolute Gasteiger partial charge is 0.278 e. The highest BCUT2D eigenvalue weighted by Gasteiger charge is 2.15. The summed E-state index contributed by atoms with van der Waals surface area (Å²) < 4.78 is 2.19. The molecule has 1 atom stereocenters. The summed E-state index contributed by atoms with van der Waals surface area (Å²) in [5.41, 5.74) is 4.08. The molecule has 1 unspecified atom stereocenters. The summed E-state index contributed by atoms with van der Waals surface area (Å²) in [7, 11) is 1.53. The molecule has 0 saturated heterocycles. The summed E-state index contributed by atoms with van der Waals surface area (Å²) in [5.74, 6) is -0.594. The number of nitrogens with one attached hydrogen (secondary N) is 2. The fourth-order valence-corrected chi connectivity index (χ4v) is 2.61. The number of carbonyl (C=O) groups excluding carboxylic acids is 1. The molecule has 0 fully saturated rings. The Labute approximate surface area is 158 Å². The van der Waals surface area contributed by atoms with Crippen LogP contribution >= 0.6 is 15.9 Å². The van der Waals surface area contributed by atoms with Gasteiger partial charge in [0, 0.05) is 29.5 Å². The van der Waals surface area contributed by atoms with Gasteiger partial charge in [0.2, 0.25) is 0 Å². The molecule has 0 aliphatic carbocycles. The van der Waals surface area contributed by atoms with Crippen LogP contribution in [0.5, 0.6) is 0 Å². The normalized spacial score (nSPS) is 11.9. The van der Waals surface area contributed by atoms with Crippen molar-refractivity contribution in [1.29, 1.82) is 0 Å². The minimum absolute atomic E-state index is 0.188. The van der Waals surface area contributed by atoms with Gasteiger partial charge >= 0.3 is 0 Å². The third-order valence-electron chi connectivity index (χ3n) is 3.58. The molecule has 1 heterocycles. The highest BCUT2D eigenvalue weighted by molar-refractivity contribution is 9.10. The zero-order chi connectivity index (χ0) is 19.3. The van der Waals surface area contributed by atoms with E-state index in [0.29, 0.717) is 5.69 Å². The van der Waals surface area contributed by atoms with Crippen molar-refractivity contribution in [2.75, 3.05) is 18.5 Å². The van der Waals surface area contributed by atoms with Gasteiger partial charge in [-0.2, -0.15) is 0 Å². The Kier molecular flexibility index (Phi) is 6.92. The Bertz CT molecular complexity index is 853. The predicted molar refractivity (Wildman–Crippen MR) is 100 cm³/mol. The van der Waals surface area contributed by atoms with Gasteiger partial charge in [0.05, 0.1) is 17.9 Å². The number of hydrogen-bond acceptors (Lipinski definition) is 6. The molecular weight excluding hydrogens is 406 g/mol. The Morgan fingerprint density at radius 3 is 2.73 bits per heavy atom. The molecule has 9 heteroatoms. The number of aliphatic hydroxyl groups is 2. The van der Waals surface area contributed by atoms with E-state index in [9.17, 15) is 14.7 Å². The second kappa shape index (κ2) is 8.95. The van der Waals surface area contributed by atoms with E-state index in [1.54, 1.807) is 0 Å². The number of carbonyl (C=O) groups is 1. The molecule has 2 rings (SSSR count). The molecule has 0 aliphatic rings. The Balaban J connectivity index is 2.26. The monoisotopic (exact) mass is 425 g/mol. The lowest BCUT2D eigenvalue weighted by Gasteiger charge is -2.15. The molecular formula is C17H20BrN3O5. The third kappa shape index (κ3) is 5.15. The largest absolute Gasteiger partial charge is 0.394 e. The molecule has 0 bridgehead atoms. The molecule has 4 N–H and O–H groups in total. The summed E-state index contributed by atoms with van der Waals surface area (Å²) in [6.45, 7) is 1.15. The van der Waals surface area contributed by atoms with Crippen LogP contribution in [0.25, 0.3) is 0 Å². The van der Waals surface area contributed by atoms with Gasteiger partial charge in [-0.15, -0.1) is 0 Å². The molecule has 1 amide bonds. The molecule has 0 saturated carbocycles. The Morgan fingerprint density at radius 2 is 2.08 bits per heavy atom. The van der Waals surface area contributed by atoms with E-state index >= 15 is 0 Å². The molecule has 1 aromatic heterocycles. The summed E-state index contributed by atoms with van der Waals surface area (Å²) in [4.78, 5) is 29.2. The molecule has 8 nitrogen and oxygen atoms in total. The second-order valence-electron chi connectivity index (χ2n) is 5.71. The zero-order valence-electron chi connectivity index (χ0n) is 14.3. The number of benzene rings is 1. The highest BCUT2D eigenvalue weighted by atomic mass is 79.9. The lowest BCUT2D eigenvalue weighted by Crippen LogP contribution is -2.31. The van der Waals surface area contributed by atoms with Crippen molar-refractivity contribution in [3.05, 3.63) is 56.4 Å². The molecule has 26 heavy (non-hydrogen) atoms. The third-order valence-corrected chi connectivity index (χ3v) is 4.08. The zero-order valence-corrected chi connectivity index (χ0v) is 15.9. The summed E-state index contributed by atoms with van der Waals surface area (Å²) >= 11 is 3.39.